The molecule has 0 aromatic heterocycles. The number of carboxylic acids is 1. The first-order chi connectivity index (χ1) is 11.9. The number of thioether (sulfide) groups is 1. The molecular formula is C17H14Cl3NO3S. The number of rotatable bonds is 7. The molecule has 1 unspecified atom stereocenters. The van der Waals surface area contributed by atoms with Gasteiger partial charge in [0.05, 0.1) is 0 Å². The summed E-state index contributed by atoms with van der Waals surface area (Å²) in [6.45, 7) is 0. The highest BCUT2D eigenvalue weighted by molar-refractivity contribution is 7.98. The Balaban J connectivity index is 1.97. The third-order valence-electron chi connectivity index (χ3n) is 3.23. The third kappa shape index (κ3) is 6.12. The molecule has 25 heavy (non-hydrogen) atoms. The van der Waals surface area contributed by atoms with Crippen molar-refractivity contribution < 1.29 is 14.7 Å². The Kier molecular flexibility index (Phi) is 7.44. The van der Waals surface area contributed by atoms with Gasteiger partial charge in [0.25, 0.3) is 5.91 Å². The minimum Gasteiger partial charge on any atom is -0.480 e. The zero-order valence-corrected chi connectivity index (χ0v) is 15.9. The van der Waals surface area contributed by atoms with E-state index in [1.54, 1.807) is 6.07 Å². The number of amides is 1. The van der Waals surface area contributed by atoms with Gasteiger partial charge in [-0.2, -0.15) is 11.8 Å². The first-order valence-electron chi connectivity index (χ1n) is 7.17. The number of hydrogen-bond donors (Lipinski definition) is 2. The SMILES string of the molecule is O=C(NC(CSCc1ccccc1Cl)C(=O)O)c1cc(Cl)cc(Cl)c1. The van der Waals surface area contributed by atoms with Gasteiger partial charge >= 0.3 is 5.97 Å². The molecule has 0 radical (unpaired) electrons. The van der Waals surface area contributed by atoms with Crippen LogP contribution in [0.1, 0.15) is 15.9 Å². The summed E-state index contributed by atoms with van der Waals surface area (Å²) in [5.41, 5.74) is 1.12. The van der Waals surface area contributed by atoms with Crippen molar-refractivity contribution in [2.45, 2.75) is 11.8 Å². The molecule has 0 aliphatic rings. The quantitative estimate of drug-likeness (QED) is 0.680. The van der Waals surface area contributed by atoms with Gasteiger partial charge < -0.3 is 10.4 Å². The van der Waals surface area contributed by atoms with Crippen LogP contribution in [0, 0.1) is 0 Å². The topological polar surface area (TPSA) is 66.4 Å². The highest BCUT2D eigenvalue weighted by Gasteiger charge is 2.21. The number of halogens is 3. The molecule has 132 valence electrons. The Labute approximate surface area is 164 Å². The Hall–Kier alpha value is -1.40. The zero-order chi connectivity index (χ0) is 18.4. The molecular weight excluding hydrogens is 405 g/mol. The summed E-state index contributed by atoms with van der Waals surface area (Å²) >= 11 is 19.2. The lowest BCUT2D eigenvalue weighted by Gasteiger charge is -2.15. The third-order valence-corrected chi connectivity index (χ3v) is 5.12. The molecule has 2 aromatic rings. The van der Waals surface area contributed by atoms with Crippen LogP contribution in [-0.4, -0.2) is 28.8 Å². The first kappa shape index (κ1) is 19.9. The maximum Gasteiger partial charge on any atom is 0.327 e. The average molecular weight is 419 g/mol. The molecule has 0 bridgehead atoms. The number of hydrogen-bond acceptors (Lipinski definition) is 3. The van der Waals surface area contributed by atoms with Crippen molar-refractivity contribution in [3.8, 4) is 0 Å². The molecule has 0 heterocycles. The van der Waals surface area contributed by atoms with Gasteiger partial charge in [-0.05, 0) is 29.8 Å². The number of nitrogens with one attached hydrogen (secondary N) is 1. The van der Waals surface area contributed by atoms with Gasteiger partial charge in [0.15, 0.2) is 0 Å². The Morgan fingerprint density at radius 1 is 1.08 bits per heavy atom. The molecule has 0 aliphatic carbocycles. The average Bonchev–Trinajstić information content (AvgIpc) is 2.54. The monoisotopic (exact) mass is 417 g/mol. The van der Waals surface area contributed by atoms with Crippen LogP contribution >= 0.6 is 46.6 Å². The molecule has 8 heteroatoms. The van der Waals surface area contributed by atoms with Crippen molar-refractivity contribution in [3.63, 3.8) is 0 Å². The predicted molar refractivity (Wildman–Crippen MR) is 103 cm³/mol. The van der Waals surface area contributed by atoms with E-state index in [4.69, 9.17) is 34.8 Å². The summed E-state index contributed by atoms with van der Waals surface area (Å²) in [5.74, 6) is -0.925. The van der Waals surface area contributed by atoms with Crippen LogP contribution in [0.5, 0.6) is 0 Å². The van der Waals surface area contributed by atoms with E-state index in [1.807, 2.05) is 18.2 Å². The summed E-state index contributed by atoms with van der Waals surface area (Å²) in [5, 5.41) is 13.0. The highest BCUT2D eigenvalue weighted by Crippen LogP contribution is 2.22. The molecule has 2 aromatic carbocycles. The summed E-state index contributed by atoms with van der Waals surface area (Å²) in [7, 11) is 0. The molecule has 0 saturated heterocycles. The van der Waals surface area contributed by atoms with E-state index in [1.165, 1.54) is 30.0 Å². The second-order valence-electron chi connectivity index (χ2n) is 5.13. The maximum atomic E-state index is 12.2. The minimum atomic E-state index is -1.12. The van der Waals surface area contributed by atoms with Crippen molar-refractivity contribution in [1.82, 2.24) is 5.32 Å². The van der Waals surface area contributed by atoms with E-state index in [2.05, 4.69) is 5.32 Å². The molecule has 4 nitrogen and oxygen atoms in total. The molecule has 0 aliphatic heterocycles. The summed E-state index contributed by atoms with van der Waals surface area (Å²) in [6, 6.07) is 10.6. The summed E-state index contributed by atoms with van der Waals surface area (Å²) < 4.78 is 0. The van der Waals surface area contributed by atoms with Crippen molar-refractivity contribution >= 4 is 58.4 Å². The van der Waals surface area contributed by atoms with Crippen LogP contribution in [0.25, 0.3) is 0 Å². The van der Waals surface area contributed by atoms with Gasteiger partial charge in [0, 0.05) is 32.1 Å². The van der Waals surface area contributed by atoms with E-state index >= 15 is 0 Å². The van der Waals surface area contributed by atoms with E-state index in [0.717, 1.165) is 5.56 Å². The van der Waals surface area contributed by atoms with Gasteiger partial charge in [-0.15, -0.1) is 0 Å². The van der Waals surface area contributed by atoms with Gasteiger partial charge in [-0.1, -0.05) is 53.0 Å². The number of benzene rings is 2. The largest absolute Gasteiger partial charge is 0.480 e. The normalized spacial score (nSPS) is 11.8. The van der Waals surface area contributed by atoms with Gasteiger partial charge in [-0.3, -0.25) is 4.79 Å². The second kappa shape index (κ2) is 9.34. The Morgan fingerprint density at radius 3 is 2.32 bits per heavy atom. The first-order valence-corrected chi connectivity index (χ1v) is 9.46. The predicted octanol–water partition coefficient (Wildman–Crippen LogP) is 4.76. The lowest BCUT2D eigenvalue weighted by atomic mass is 10.2. The van der Waals surface area contributed by atoms with E-state index < -0.39 is 17.9 Å². The molecule has 1 atom stereocenters. The van der Waals surface area contributed by atoms with Crippen LogP contribution in [0.4, 0.5) is 0 Å². The Bertz CT molecular complexity index is 765. The number of aliphatic carboxylic acids is 1. The van der Waals surface area contributed by atoms with Crippen molar-refractivity contribution in [1.29, 1.82) is 0 Å². The molecule has 0 fully saturated rings. The maximum absolute atomic E-state index is 12.2. The fraction of sp³-hybridized carbons (Fsp3) is 0.176. The van der Waals surface area contributed by atoms with Crippen LogP contribution < -0.4 is 5.32 Å². The van der Waals surface area contributed by atoms with E-state index in [-0.39, 0.29) is 11.3 Å². The van der Waals surface area contributed by atoms with Gasteiger partial charge in [0.2, 0.25) is 0 Å². The molecule has 2 rings (SSSR count). The highest BCUT2D eigenvalue weighted by atomic mass is 35.5. The van der Waals surface area contributed by atoms with Gasteiger partial charge in [-0.25, -0.2) is 4.79 Å². The van der Waals surface area contributed by atoms with Crippen molar-refractivity contribution in [2.24, 2.45) is 0 Å². The van der Waals surface area contributed by atoms with Crippen molar-refractivity contribution in [3.05, 3.63) is 68.7 Å². The van der Waals surface area contributed by atoms with E-state index in [9.17, 15) is 14.7 Å². The lowest BCUT2D eigenvalue weighted by molar-refractivity contribution is -0.138. The van der Waals surface area contributed by atoms with Crippen LogP contribution in [0.3, 0.4) is 0 Å². The molecule has 2 N–H and O–H groups in total. The number of carboxylic acid groups (broad SMARTS) is 1. The second-order valence-corrected chi connectivity index (χ2v) is 7.44. The standard InChI is InChI=1S/C17H14Cl3NO3S/c18-12-5-11(6-13(19)7-12)16(22)21-15(17(23)24)9-25-8-10-3-1-2-4-14(10)20/h1-7,15H,8-9H2,(H,21,22)(H,23,24). The summed E-state index contributed by atoms with van der Waals surface area (Å²) in [6.07, 6.45) is 0. The van der Waals surface area contributed by atoms with Crippen LogP contribution in [-0.2, 0) is 10.5 Å². The Morgan fingerprint density at radius 2 is 1.72 bits per heavy atom. The van der Waals surface area contributed by atoms with E-state index in [0.29, 0.717) is 20.8 Å². The zero-order valence-electron chi connectivity index (χ0n) is 12.8. The lowest BCUT2D eigenvalue weighted by Crippen LogP contribution is -2.42. The van der Waals surface area contributed by atoms with Crippen LogP contribution in [0.2, 0.25) is 15.1 Å². The fourth-order valence-electron chi connectivity index (χ4n) is 2.00. The van der Waals surface area contributed by atoms with Gasteiger partial charge in [0.1, 0.15) is 6.04 Å². The number of carbonyl (C=O) groups excluding carboxylic acids is 1. The van der Waals surface area contributed by atoms with Crippen LogP contribution in [0.15, 0.2) is 42.5 Å². The minimum absolute atomic E-state index is 0.195. The summed E-state index contributed by atoms with van der Waals surface area (Å²) in [4.78, 5) is 23.6. The number of carbonyl (C=O) groups is 2. The fourth-order valence-corrected chi connectivity index (χ4v) is 3.86. The molecule has 0 saturated carbocycles. The smallest absolute Gasteiger partial charge is 0.327 e. The molecule has 0 spiro atoms. The van der Waals surface area contributed by atoms with Crippen molar-refractivity contribution in [2.75, 3.05) is 5.75 Å². The molecule has 1 amide bonds.